The highest BCUT2D eigenvalue weighted by Crippen LogP contribution is 2.29. The minimum Gasteiger partial charge on any atom is -0.341 e. The van der Waals surface area contributed by atoms with Crippen molar-refractivity contribution in [2.24, 2.45) is 0 Å². The Morgan fingerprint density at radius 3 is 3.12 bits per heavy atom. The van der Waals surface area contributed by atoms with E-state index in [-0.39, 0.29) is 0 Å². The van der Waals surface area contributed by atoms with Crippen molar-refractivity contribution in [3.05, 3.63) is 27.8 Å². The Labute approximate surface area is 103 Å². The van der Waals surface area contributed by atoms with E-state index in [4.69, 9.17) is 11.6 Å². The number of hydrogen-bond donors (Lipinski definition) is 2. The number of rotatable bonds is 2. The summed E-state index contributed by atoms with van der Waals surface area (Å²) in [5.74, 6) is 1.04. The van der Waals surface area contributed by atoms with Crippen LogP contribution in [0.5, 0.6) is 0 Å². The molecule has 0 radical (unpaired) electrons. The Morgan fingerprint density at radius 1 is 1.50 bits per heavy atom. The summed E-state index contributed by atoms with van der Waals surface area (Å²) in [5, 5.41) is 5.47. The zero-order valence-electron chi connectivity index (χ0n) is 8.66. The fraction of sp³-hybridized carbons (Fsp3) is 0.364. The molecule has 2 aromatic rings. The lowest BCUT2D eigenvalue weighted by molar-refractivity contribution is 0.613. The molecule has 16 heavy (non-hydrogen) atoms. The normalized spacial score (nSPS) is 20.4. The molecule has 1 unspecified atom stereocenters. The van der Waals surface area contributed by atoms with E-state index in [0.29, 0.717) is 6.04 Å². The molecule has 1 fully saturated rings. The van der Waals surface area contributed by atoms with Gasteiger partial charge in [-0.2, -0.15) is 0 Å². The third-order valence-electron chi connectivity index (χ3n) is 2.86. The number of aromatic nitrogens is 2. The predicted molar refractivity (Wildman–Crippen MR) is 66.9 cm³/mol. The molecule has 2 aromatic heterocycles. The minimum absolute atomic E-state index is 0.392. The van der Waals surface area contributed by atoms with Crippen LogP contribution in [-0.4, -0.2) is 16.5 Å². The van der Waals surface area contributed by atoms with Gasteiger partial charge in [0, 0.05) is 10.9 Å². The SMILES string of the molecule is Clc1cc(-c2cnc(C3CCCN3)[nH]2)cs1. The van der Waals surface area contributed by atoms with Crippen molar-refractivity contribution < 1.29 is 0 Å². The molecule has 2 N–H and O–H groups in total. The number of H-pyrrole nitrogens is 1. The van der Waals surface area contributed by atoms with Crippen molar-refractivity contribution >= 4 is 22.9 Å². The maximum absolute atomic E-state index is 5.92. The number of halogens is 1. The Kier molecular flexibility index (Phi) is 2.71. The monoisotopic (exact) mass is 253 g/mol. The topological polar surface area (TPSA) is 40.7 Å². The molecule has 84 valence electrons. The van der Waals surface area contributed by atoms with Gasteiger partial charge in [0.05, 0.1) is 22.3 Å². The first kappa shape index (κ1) is 10.3. The number of thiophene rings is 1. The molecule has 3 rings (SSSR count). The maximum atomic E-state index is 5.92. The van der Waals surface area contributed by atoms with Crippen LogP contribution in [0.15, 0.2) is 17.6 Å². The summed E-state index contributed by atoms with van der Waals surface area (Å²) in [6.07, 6.45) is 4.27. The van der Waals surface area contributed by atoms with E-state index >= 15 is 0 Å². The summed E-state index contributed by atoms with van der Waals surface area (Å²) in [6.45, 7) is 1.09. The Hall–Kier alpha value is -0.840. The van der Waals surface area contributed by atoms with Gasteiger partial charge in [0.25, 0.3) is 0 Å². The molecule has 0 spiro atoms. The van der Waals surface area contributed by atoms with E-state index in [1.807, 2.05) is 17.6 Å². The van der Waals surface area contributed by atoms with Crippen LogP contribution in [0, 0.1) is 0 Å². The van der Waals surface area contributed by atoms with Crippen molar-refractivity contribution in [3.8, 4) is 11.3 Å². The lowest BCUT2D eigenvalue weighted by Gasteiger charge is -2.04. The molecule has 3 nitrogen and oxygen atoms in total. The van der Waals surface area contributed by atoms with Gasteiger partial charge < -0.3 is 10.3 Å². The van der Waals surface area contributed by atoms with Crippen molar-refractivity contribution in [2.75, 3.05) is 6.54 Å². The third-order valence-corrected chi connectivity index (χ3v) is 3.96. The second-order valence-electron chi connectivity index (χ2n) is 3.97. The van der Waals surface area contributed by atoms with Gasteiger partial charge in [0.1, 0.15) is 5.82 Å². The number of aromatic amines is 1. The van der Waals surface area contributed by atoms with Gasteiger partial charge in [-0.05, 0) is 25.5 Å². The Morgan fingerprint density at radius 2 is 2.44 bits per heavy atom. The highest BCUT2D eigenvalue weighted by Gasteiger charge is 2.19. The van der Waals surface area contributed by atoms with E-state index in [0.717, 1.165) is 34.4 Å². The van der Waals surface area contributed by atoms with Crippen molar-refractivity contribution in [2.45, 2.75) is 18.9 Å². The largest absolute Gasteiger partial charge is 0.341 e. The van der Waals surface area contributed by atoms with Gasteiger partial charge in [-0.3, -0.25) is 0 Å². The first-order chi connectivity index (χ1) is 7.83. The highest BCUT2D eigenvalue weighted by molar-refractivity contribution is 7.14. The van der Waals surface area contributed by atoms with Crippen LogP contribution >= 0.6 is 22.9 Å². The van der Waals surface area contributed by atoms with E-state index < -0.39 is 0 Å². The summed E-state index contributed by atoms with van der Waals surface area (Å²) < 4.78 is 0.810. The van der Waals surface area contributed by atoms with Crippen LogP contribution < -0.4 is 5.32 Å². The number of imidazole rings is 1. The standard InChI is InChI=1S/C11H12ClN3S/c12-10-4-7(6-16-10)9-5-14-11(15-9)8-2-1-3-13-8/h4-6,8,13H,1-3H2,(H,14,15). The average Bonchev–Trinajstić information content (AvgIpc) is 2.97. The Bertz CT molecular complexity index is 485. The summed E-state index contributed by atoms with van der Waals surface area (Å²) in [7, 11) is 0. The fourth-order valence-corrected chi connectivity index (χ4v) is 2.91. The second-order valence-corrected chi connectivity index (χ2v) is 5.51. The summed E-state index contributed by atoms with van der Waals surface area (Å²) >= 11 is 7.46. The van der Waals surface area contributed by atoms with E-state index in [1.165, 1.54) is 6.42 Å². The molecular formula is C11H12ClN3S. The molecule has 0 saturated carbocycles. The summed E-state index contributed by atoms with van der Waals surface area (Å²) in [6, 6.07) is 2.36. The molecule has 0 amide bonds. The molecule has 0 aromatic carbocycles. The van der Waals surface area contributed by atoms with Crippen LogP contribution in [0.1, 0.15) is 24.7 Å². The maximum Gasteiger partial charge on any atom is 0.123 e. The average molecular weight is 254 g/mol. The van der Waals surface area contributed by atoms with Crippen LogP contribution in [0.25, 0.3) is 11.3 Å². The lowest BCUT2D eigenvalue weighted by atomic mass is 10.2. The predicted octanol–water partition coefficient (Wildman–Crippen LogP) is 3.22. The zero-order chi connectivity index (χ0) is 11.0. The zero-order valence-corrected chi connectivity index (χ0v) is 10.2. The molecule has 5 heteroatoms. The smallest absolute Gasteiger partial charge is 0.123 e. The number of nitrogens with zero attached hydrogens (tertiary/aromatic N) is 1. The van der Waals surface area contributed by atoms with Gasteiger partial charge in [-0.15, -0.1) is 11.3 Å². The van der Waals surface area contributed by atoms with Gasteiger partial charge in [0.15, 0.2) is 0 Å². The van der Waals surface area contributed by atoms with E-state index in [9.17, 15) is 0 Å². The molecule has 1 aliphatic rings. The van der Waals surface area contributed by atoms with Gasteiger partial charge in [0.2, 0.25) is 0 Å². The van der Waals surface area contributed by atoms with Crippen molar-refractivity contribution in [1.82, 2.24) is 15.3 Å². The quantitative estimate of drug-likeness (QED) is 0.863. The molecule has 0 aliphatic carbocycles. The van der Waals surface area contributed by atoms with Crippen LogP contribution in [0.4, 0.5) is 0 Å². The first-order valence-electron chi connectivity index (χ1n) is 5.35. The molecular weight excluding hydrogens is 242 g/mol. The fourth-order valence-electron chi connectivity index (χ4n) is 2.03. The van der Waals surface area contributed by atoms with E-state index in [2.05, 4.69) is 15.3 Å². The summed E-state index contributed by atoms with van der Waals surface area (Å²) in [4.78, 5) is 7.79. The molecule has 1 aliphatic heterocycles. The first-order valence-corrected chi connectivity index (χ1v) is 6.61. The number of nitrogens with one attached hydrogen (secondary N) is 2. The third kappa shape index (κ3) is 1.88. The van der Waals surface area contributed by atoms with Crippen LogP contribution in [0.2, 0.25) is 4.34 Å². The van der Waals surface area contributed by atoms with E-state index in [1.54, 1.807) is 11.3 Å². The molecule has 1 saturated heterocycles. The van der Waals surface area contributed by atoms with Crippen LogP contribution in [0.3, 0.4) is 0 Å². The highest BCUT2D eigenvalue weighted by atomic mass is 35.5. The van der Waals surface area contributed by atoms with Crippen molar-refractivity contribution in [1.29, 1.82) is 0 Å². The lowest BCUT2D eigenvalue weighted by Crippen LogP contribution is -2.14. The van der Waals surface area contributed by atoms with Gasteiger partial charge in [-0.25, -0.2) is 4.98 Å². The van der Waals surface area contributed by atoms with Gasteiger partial charge in [-0.1, -0.05) is 11.6 Å². The Balaban J connectivity index is 1.87. The minimum atomic E-state index is 0.392. The van der Waals surface area contributed by atoms with Crippen LogP contribution in [-0.2, 0) is 0 Å². The molecule has 0 bridgehead atoms. The molecule has 1 atom stereocenters. The second kappa shape index (κ2) is 4.20. The van der Waals surface area contributed by atoms with Crippen molar-refractivity contribution in [3.63, 3.8) is 0 Å². The summed E-state index contributed by atoms with van der Waals surface area (Å²) in [5.41, 5.74) is 2.17. The van der Waals surface area contributed by atoms with Gasteiger partial charge >= 0.3 is 0 Å². The number of hydrogen-bond acceptors (Lipinski definition) is 3. The molecule has 3 heterocycles.